The molecule has 0 spiro atoms. The summed E-state index contributed by atoms with van der Waals surface area (Å²) in [5.74, 6) is -77.2. The Morgan fingerprint density at radius 2 is 0.565 bits per heavy atom. The Labute approximate surface area is 238 Å². The lowest BCUT2D eigenvalue weighted by Crippen LogP contribution is -2.45. The average Bonchev–Trinajstić information content (AvgIpc) is 3.03. The van der Waals surface area contributed by atoms with Crippen molar-refractivity contribution in [2.75, 3.05) is 0 Å². The number of carbonyl (C=O) groups is 1. The van der Waals surface area contributed by atoms with Gasteiger partial charge in [0.1, 0.15) is 0 Å². The zero-order valence-corrected chi connectivity index (χ0v) is 20.4. The van der Waals surface area contributed by atoms with Crippen molar-refractivity contribution >= 4 is 5.78 Å². The van der Waals surface area contributed by atoms with E-state index < -0.39 is 139 Å². The fraction of sp³-hybridized carbons (Fsp3) is 0.0417. The van der Waals surface area contributed by atoms with E-state index in [4.69, 9.17) is 0 Å². The van der Waals surface area contributed by atoms with Gasteiger partial charge in [-0.15, -0.1) is 0 Å². The van der Waals surface area contributed by atoms with Crippen molar-refractivity contribution in [1.82, 2.24) is 0 Å². The van der Waals surface area contributed by atoms with Gasteiger partial charge >= 0.3 is 5.85 Å². The Balaban J connectivity index is 2.08. The molecular weight excluding hydrogens is 694 g/mol. The number of halogens is 18. The molecule has 246 valence electrons. The van der Waals surface area contributed by atoms with Gasteiger partial charge in [0, 0.05) is 0 Å². The van der Waals surface area contributed by atoms with Crippen LogP contribution in [-0.4, -0.2) is 11.6 Å². The van der Waals surface area contributed by atoms with Crippen molar-refractivity contribution in [3.05, 3.63) is 110 Å². The predicted molar refractivity (Wildman–Crippen MR) is 106 cm³/mol. The molecule has 0 atom stereocenters. The highest BCUT2D eigenvalue weighted by Gasteiger charge is 2.58. The van der Waals surface area contributed by atoms with Crippen LogP contribution in [0.25, 0.3) is 0 Å². The van der Waals surface area contributed by atoms with E-state index in [1.807, 2.05) is 0 Å². The minimum Gasteiger partial charge on any atom is -0.444 e. The van der Waals surface area contributed by atoms with Crippen LogP contribution in [0.2, 0.25) is 0 Å². The van der Waals surface area contributed by atoms with E-state index in [2.05, 4.69) is 14.2 Å². The van der Waals surface area contributed by atoms with E-state index in [1.165, 1.54) is 0 Å². The molecule has 1 aliphatic carbocycles. The van der Waals surface area contributed by atoms with Gasteiger partial charge in [0.15, 0.2) is 0 Å². The van der Waals surface area contributed by atoms with E-state index in [1.54, 1.807) is 0 Å². The number of hydrogen-bond acceptors (Lipinski definition) is 4. The van der Waals surface area contributed by atoms with E-state index in [9.17, 15) is 79.4 Å². The second-order valence-corrected chi connectivity index (χ2v) is 8.21. The molecule has 0 radical (unpaired) electrons. The van der Waals surface area contributed by atoms with Gasteiger partial charge in [0.25, 0.3) is 5.78 Å². The van der Waals surface area contributed by atoms with Crippen LogP contribution in [0.3, 0.4) is 0 Å². The standard InChI is InChI=1S/C24F18O4/c25-1-4(28)10(34)19(11(35)5(1)29)44-22-16(40)18(43)17(41)23(45-20-12(36)6(30)2(26)7(31)13(20)37)24(22,42)46-21-14(38)8(32)3(27)9(33)15(21)39. The number of ketones is 1. The maximum atomic E-state index is 16.5. The second kappa shape index (κ2) is 11.4. The fourth-order valence-corrected chi connectivity index (χ4v) is 3.37. The fourth-order valence-electron chi connectivity index (χ4n) is 3.37. The van der Waals surface area contributed by atoms with Gasteiger partial charge in [-0.25, -0.2) is 39.5 Å². The first-order chi connectivity index (χ1) is 21.2. The zero-order valence-electron chi connectivity index (χ0n) is 20.4. The highest BCUT2D eigenvalue weighted by Crippen LogP contribution is 2.47. The third-order valence-corrected chi connectivity index (χ3v) is 5.54. The van der Waals surface area contributed by atoms with Gasteiger partial charge in [-0.1, -0.05) is 0 Å². The first-order valence-corrected chi connectivity index (χ1v) is 10.8. The molecule has 0 fully saturated rings. The summed E-state index contributed by atoms with van der Waals surface area (Å²) in [5.41, 5.74) is 0. The minimum atomic E-state index is -5.79. The topological polar surface area (TPSA) is 44.8 Å². The SMILES string of the molecule is O=C1C(F)=C(Oc2c(F)c(F)c(F)c(F)c2F)C(F)(Oc2c(F)c(F)c(F)c(F)c2F)C(Oc2c(F)c(F)c(F)c(F)c2F)=C1F. The monoisotopic (exact) mass is 694 g/mol. The molecule has 0 aliphatic heterocycles. The molecule has 0 heterocycles. The third kappa shape index (κ3) is 4.81. The molecule has 0 saturated heterocycles. The number of benzene rings is 3. The summed E-state index contributed by atoms with van der Waals surface area (Å²) in [6.07, 6.45) is 0. The summed E-state index contributed by atoms with van der Waals surface area (Å²) in [6, 6.07) is 0. The Hall–Kier alpha value is -5.05. The first-order valence-electron chi connectivity index (χ1n) is 10.8. The molecule has 0 saturated carbocycles. The van der Waals surface area contributed by atoms with E-state index in [-0.39, 0.29) is 0 Å². The number of allylic oxidation sites excluding steroid dienone is 2. The largest absolute Gasteiger partial charge is 0.444 e. The highest BCUT2D eigenvalue weighted by molar-refractivity contribution is 6.07. The average molecular weight is 694 g/mol. The summed E-state index contributed by atoms with van der Waals surface area (Å²) < 4.78 is 266. The van der Waals surface area contributed by atoms with Crippen molar-refractivity contribution < 1.29 is 98.0 Å². The van der Waals surface area contributed by atoms with Gasteiger partial charge < -0.3 is 14.2 Å². The molecule has 22 heteroatoms. The Kier molecular flexibility index (Phi) is 8.38. The predicted octanol–water partition coefficient (Wildman–Crippen LogP) is 7.92. The molecule has 3 aromatic carbocycles. The number of rotatable bonds is 6. The second-order valence-electron chi connectivity index (χ2n) is 8.21. The molecule has 0 bridgehead atoms. The summed E-state index contributed by atoms with van der Waals surface area (Å²) in [5, 5.41) is 0. The van der Waals surface area contributed by atoms with Gasteiger partial charge in [-0.3, -0.25) is 4.79 Å². The van der Waals surface area contributed by atoms with Crippen molar-refractivity contribution in [1.29, 1.82) is 0 Å². The smallest absolute Gasteiger partial charge is 0.372 e. The molecule has 4 rings (SSSR count). The molecule has 0 unspecified atom stereocenters. The van der Waals surface area contributed by atoms with Crippen LogP contribution < -0.4 is 14.2 Å². The number of ether oxygens (including phenoxy) is 3. The number of carbonyl (C=O) groups excluding carboxylic acids is 1. The van der Waals surface area contributed by atoms with Crippen LogP contribution in [0, 0.1) is 87.3 Å². The summed E-state index contributed by atoms with van der Waals surface area (Å²) in [6.45, 7) is 0. The summed E-state index contributed by atoms with van der Waals surface area (Å²) in [7, 11) is 0. The van der Waals surface area contributed by atoms with Gasteiger partial charge in [-0.2, -0.15) is 39.5 Å². The van der Waals surface area contributed by atoms with E-state index in [0.717, 1.165) is 0 Å². The number of Topliss-reactive ketones (excluding diaryl/α,β-unsaturated/α-hetero) is 1. The first kappa shape index (κ1) is 33.8. The maximum absolute atomic E-state index is 16.5. The normalized spacial score (nSPS) is 14.8. The lowest BCUT2D eigenvalue weighted by Gasteiger charge is -2.32. The van der Waals surface area contributed by atoms with Gasteiger partial charge in [-0.05, 0) is 0 Å². The molecule has 46 heavy (non-hydrogen) atoms. The molecule has 0 aromatic heterocycles. The Morgan fingerprint density at radius 1 is 0.348 bits per heavy atom. The van der Waals surface area contributed by atoms with Crippen molar-refractivity contribution in [3.63, 3.8) is 0 Å². The molecule has 1 aliphatic rings. The quantitative estimate of drug-likeness (QED) is 0.150. The molecule has 0 N–H and O–H groups in total. The maximum Gasteiger partial charge on any atom is 0.372 e. The van der Waals surface area contributed by atoms with Gasteiger partial charge in [0.05, 0.1) is 0 Å². The number of alkyl halides is 1. The van der Waals surface area contributed by atoms with Crippen LogP contribution >= 0.6 is 0 Å². The molecular formula is C24F18O4. The molecule has 4 nitrogen and oxygen atoms in total. The number of hydrogen-bond donors (Lipinski definition) is 0. The molecule has 3 aromatic rings. The van der Waals surface area contributed by atoms with E-state index in [0.29, 0.717) is 0 Å². The lowest BCUT2D eigenvalue weighted by molar-refractivity contribution is -0.120. The highest BCUT2D eigenvalue weighted by atomic mass is 19.2. The lowest BCUT2D eigenvalue weighted by atomic mass is 10.0. The van der Waals surface area contributed by atoms with Crippen LogP contribution in [-0.2, 0) is 4.79 Å². The minimum absolute atomic E-state index is 2.88. The van der Waals surface area contributed by atoms with Crippen LogP contribution in [0.5, 0.6) is 17.2 Å². The van der Waals surface area contributed by atoms with Crippen molar-refractivity contribution in [3.8, 4) is 17.2 Å². The Bertz CT molecular complexity index is 1750. The summed E-state index contributed by atoms with van der Waals surface area (Å²) in [4.78, 5) is 12.1. The zero-order chi connectivity index (χ0) is 34.9. The van der Waals surface area contributed by atoms with Crippen molar-refractivity contribution in [2.45, 2.75) is 5.85 Å². The third-order valence-electron chi connectivity index (χ3n) is 5.54. The van der Waals surface area contributed by atoms with Crippen LogP contribution in [0.1, 0.15) is 0 Å². The van der Waals surface area contributed by atoms with Crippen LogP contribution in [0.15, 0.2) is 23.2 Å². The van der Waals surface area contributed by atoms with E-state index >= 15 is 4.39 Å². The van der Waals surface area contributed by atoms with Crippen molar-refractivity contribution in [2.24, 2.45) is 0 Å². The molecule has 0 amide bonds. The van der Waals surface area contributed by atoms with Gasteiger partial charge in [0.2, 0.25) is 128 Å². The van der Waals surface area contributed by atoms with Crippen LogP contribution in [0.4, 0.5) is 79.0 Å². The summed E-state index contributed by atoms with van der Waals surface area (Å²) >= 11 is 0. The Morgan fingerprint density at radius 3 is 0.826 bits per heavy atom.